The molecule has 4 nitrogen and oxygen atoms in total. The van der Waals surface area contributed by atoms with Crippen molar-refractivity contribution in [1.29, 1.82) is 0 Å². The maximum Gasteiger partial charge on any atom is 0.254 e. The van der Waals surface area contributed by atoms with Crippen LogP contribution >= 0.6 is 11.3 Å². The van der Waals surface area contributed by atoms with E-state index in [0.717, 1.165) is 12.0 Å². The van der Waals surface area contributed by atoms with E-state index in [4.69, 9.17) is 0 Å². The molecule has 3 aromatic rings. The van der Waals surface area contributed by atoms with E-state index < -0.39 is 5.82 Å². The predicted molar refractivity (Wildman–Crippen MR) is 125 cm³/mol. The van der Waals surface area contributed by atoms with Crippen molar-refractivity contribution >= 4 is 23.2 Å². The highest BCUT2D eigenvalue weighted by atomic mass is 32.1. The van der Waals surface area contributed by atoms with Crippen LogP contribution in [0.4, 0.5) is 4.39 Å². The molecule has 166 valence electrons. The molecule has 0 saturated carbocycles. The zero-order valence-corrected chi connectivity index (χ0v) is 19.4. The molecule has 1 aliphatic heterocycles. The number of hydrogen-bond donors (Lipinski definition) is 0. The molecule has 32 heavy (non-hydrogen) atoms. The molecule has 1 aliphatic rings. The summed E-state index contributed by atoms with van der Waals surface area (Å²) in [6, 6.07) is 15.5. The lowest BCUT2D eigenvalue weighted by molar-refractivity contribution is -0.134. The van der Waals surface area contributed by atoms with Crippen molar-refractivity contribution in [1.82, 2.24) is 9.80 Å². The van der Waals surface area contributed by atoms with Crippen LogP contribution in [0.15, 0.2) is 60.0 Å². The lowest BCUT2D eigenvalue weighted by Crippen LogP contribution is -2.48. The Bertz CT molecular complexity index is 1110. The summed E-state index contributed by atoms with van der Waals surface area (Å²) >= 11 is 1.73. The van der Waals surface area contributed by atoms with Gasteiger partial charge in [0.25, 0.3) is 5.91 Å². The van der Waals surface area contributed by atoms with Crippen molar-refractivity contribution in [2.24, 2.45) is 0 Å². The minimum atomic E-state index is -0.394. The van der Waals surface area contributed by atoms with Crippen molar-refractivity contribution in [2.45, 2.75) is 39.3 Å². The fourth-order valence-corrected chi connectivity index (χ4v) is 5.08. The van der Waals surface area contributed by atoms with Gasteiger partial charge in [-0.2, -0.15) is 0 Å². The highest BCUT2D eigenvalue weighted by Gasteiger charge is 2.34. The third kappa shape index (κ3) is 4.46. The van der Waals surface area contributed by atoms with Gasteiger partial charge < -0.3 is 9.80 Å². The molecule has 2 amide bonds. The van der Waals surface area contributed by atoms with Crippen LogP contribution in [0.3, 0.4) is 0 Å². The topological polar surface area (TPSA) is 40.6 Å². The molecule has 0 aliphatic carbocycles. The van der Waals surface area contributed by atoms with Crippen molar-refractivity contribution < 1.29 is 14.0 Å². The summed E-state index contributed by atoms with van der Waals surface area (Å²) in [4.78, 5) is 31.4. The van der Waals surface area contributed by atoms with Gasteiger partial charge in [-0.15, -0.1) is 11.3 Å². The number of rotatable bonds is 5. The number of carbonyl (C=O) groups excluding carboxylic acids is 2. The first-order chi connectivity index (χ1) is 15.3. The normalized spacial score (nSPS) is 15.5. The fourth-order valence-electron chi connectivity index (χ4n) is 4.18. The van der Waals surface area contributed by atoms with E-state index in [1.54, 1.807) is 16.2 Å². The van der Waals surface area contributed by atoms with E-state index in [9.17, 15) is 14.0 Å². The minimum absolute atomic E-state index is 0.0181. The average Bonchev–Trinajstić information content (AvgIpc) is 3.26. The standard InChI is InChI=1S/C26H27FN2O2S/c1-17(2)29(26(31)20-8-10-21(27)11-9-20)16-24(30)28-14-12-23-22(13-15-32-23)25(28)19-6-4-18(3)5-7-19/h4-11,13,15,17,25H,12,14,16H2,1-3H3. The zero-order chi connectivity index (χ0) is 22.8. The molecule has 0 N–H and O–H groups in total. The SMILES string of the molecule is Cc1ccc(C2c3ccsc3CCN2C(=O)CN(C(=O)c2ccc(F)cc2)C(C)C)cc1. The molecule has 4 rings (SSSR count). The lowest BCUT2D eigenvalue weighted by Gasteiger charge is -2.38. The van der Waals surface area contributed by atoms with Gasteiger partial charge in [0.05, 0.1) is 6.04 Å². The molecular weight excluding hydrogens is 423 g/mol. The number of benzene rings is 2. The number of aryl methyl sites for hydroxylation is 1. The number of amides is 2. The first-order valence-electron chi connectivity index (χ1n) is 10.8. The molecule has 2 heterocycles. The molecule has 0 fully saturated rings. The Hall–Kier alpha value is -2.99. The Balaban J connectivity index is 1.61. The van der Waals surface area contributed by atoms with E-state index in [1.807, 2.05) is 25.7 Å². The van der Waals surface area contributed by atoms with Crippen LogP contribution in [-0.4, -0.2) is 40.7 Å². The predicted octanol–water partition coefficient (Wildman–Crippen LogP) is 5.22. The molecular formula is C26H27FN2O2S. The third-order valence-corrected chi connectivity index (χ3v) is 6.96. The van der Waals surface area contributed by atoms with Gasteiger partial charge in [0, 0.05) is 23.0 Å². The molecule has 0 bridgehead atoms. The summed E-state index contributed by atoms with van der Waals surface area (Å²) in [7, 11) is 0. The van der Waals surface area contributed by atoms with Crippen molar-refractivity contribution in [3.05, 3.63) is 92.9 Å². The number of carbonyl (C=O) groups is 2. The van der Waals surface area contributed by atoms with Gasteiger partial charge in [-0.3, -0.25) is 9.59 Å². The van der Waals surface area contributed by atoms with Crippen LogP contribution in [0, 0.1) is 12.7 Å². The van der Waals surface area contributed by atoms with Crippen LogP contribution in [0.1, 0.15) is 51.8 Å². The van der Waals surface area contributed by atoms with E-state index in [-0.39, 0.29) is 30.4 Å². The number of hydrogen-bond acceptors (Lipinski definition) is 3. The summed E-state index contributed by atoms with van der Waals surface area (Å²) in [6.45, 7) is 6.42. The van der Waals surface area contributed by atoms with Gasteiger partial charge in [-0.05, 0) is 74.0 Å². The summed E-state index contributed by atoms with van der Waals surface area (Å²) in [6.07, 6.45) is 0.814. The maximum absolute atomic E-state index is 13.6. The molecule has 1 unspecified atom stereocenters. The summed E-state index contributed by atoms with van der Waals surface area (Å²) < 4.78 is 13.3. The molecule has 6 heteroatoms. The molecule has 0 saturated heterocycles. The van der Waals surface area contributed by atoms with Crippen molar-refractivity contribution in [3.63, 3.8) is 0 Å². The number of halogens is 1. The second-order valence-corrected chi connectivity index (χ2v) is 9.48. The van der Waals surface area contributed by atoms with Gasteiger partial charge in [-0.1, -0.05) is 29.8 Å². The van der Waals surface area contributed by atoms with E-state index in [1.165, 1.54) is 40.3 Å². The molecule has 1 atom stereocenters. The summed E-state index contributed by atoms with van der Waals surface area (Å²) in [5.41, 5.74) is 3.79. The van der Waals surface area contributed by atoms with Crippen LogP contribution < -0.4 is 0 Å². The summed E-state index contributed by atoms with van der Waals surface area (Å²) in [5, 5.41) is 2.08. The minimum Gasteiger partial charge on any atom is -0.330 e. The number of fused-ring (bicyclic) bond motifs is 1. The Kier molecular flexibility index (Phi) is 6.42. The number of nitrogens with zero attached hydrogens (tertiary/aromatic N) is 2. The molecule has 2 aromatic carbocycles. The maximum atomic E-state index is 13.6. The fraction of sp³-hybridized carbons (Fsp3) is 0.308. The quantitative estimate of drug-likeness (QED) is 0.535. The first-order valence-corrected chi connectivity index (χ1v) is 11.7. The Labute approximate surface area is 192 Å². The third-order valence-electron chi connectivity index (χ3n) is 5.96. The van der Waals surface area contributed by atoms with Crippen molar-refractivity contribution in [2.75, 3.05) is 13.1 Å². The van der Waals surface area contributed by atoms with E-state index >= 15 is 0 Å². The largest absolute Gasteiger partial charge is 0.330 e. The second-order valence-electron chi connectivity index (χ2n) is 8.48. The average molecular weight is 451 g/mol. The molecule has 0 radical (unpaired) electrons. The van der Waals surface area contributed by atoms with Crippen LogP contribution in [0.25, 0.3) is 0 Å². The Morgan fingerprint density at radius 3 is 2.44 bits per heavy atom. The number of thiophene rings is 1. The summed E-state index contributed by atoms with van der Waals surface area (Å²) in [5.74, 6) is -0.750. The lowest BCUT2D eigenvalue weighted by atomic mass is 9.92. The van der Waals surface area contributed by atoms with Crippen LogP contribution in [0.5, 0.6) is 0 Å². The smallest absolute Gasteiger partial charge is 0.254 e. The monoisotopic (exact) mass is 450 g/mol. The van der Waals surface area contributed by atoms with Crippen molar-refractivity contribution in [3.8, 4) is 0 Å². The molecule has 0 spiro atoms. The van der Waals surface area contributed by atoms with E-state index in [2.05, 4.69) is 35.7 Å². The van der Waals surface area contributed by atoms with Crippen LogP contribution in [-0.2, 0) is 11.2 Å². The Morgan fingerprint density at radius 2 is 1.78 bits per heavy atom. The van der Waals surface area contributed by atoms with E-state index in [0.29, 0.717) is 12.1 Å². The molecule has 1 aromatic heterocycles. The van der Waals surface area contributed by atoms with Gasteiger partial charge in [0.15, 0.2) is 0 Å². The van der Waals surface area contributed by atoms with Gasteiger partial charge in [-0.25, -0.2) is 4.39 Å². The Morgan fingerprint density at radius 1 is 1.09 bits per heavy atom. The van der Waals surface area contributed by atoms with Crippen LogP contribution in [0.2, 0.25) is 0 Å². The van der Waals surface area contributed by atoms with Gasteiger partial charge in [0.2, 0.25) is 5.91 Å². The highest BCUT2D eigenvalue weighted by Crippen LogP contribution is 2.38. The first kappa shape index (κ1) is 22.2. The van der Waals surface area contributed by atoms with Gasteiger partial charge >= 0.3 is 0 Å². The van der Waals surface area contributed by atoms with Gasteiger partial charge in [0.1, 0.15) is 12.4 Å². The highest BCUT2D eigenvalue weighted by molar-refractivity contribution is 7.10. The zero-order valence-electron chi connectivity index (χ0n) is 18.5. The second kappa shape index (κ2) is 9.25.